The van der Waals surface area contributed by atoms with Gasteiger partial charge >= 0.3 is 0 Å². The van der Waals surface area contributed by atoms with Gasteiger partial charge in [0.15, 0.2) is 0 Å². The lowest BCUT2D eigenvalue weighted by molar-refractivity contribution is 0.213. The number of nitrogens with one attached hydrogen (secondary N) is 1. The molecule has 0 spiro atoms. The van der Waals surface area contributed by atoms with Crippen LogP contribution in [0.25, 0.3) is 0 Å². The van der Waals surface area contributed by atoms with E-state index in [0.29, 0.717) is 12.1 Å². The fourth-order valence-electron chi connectivity index (χ4n) is 2.66. The summed E-state index contributed by atoms with van der Waals surface area (Å²) in [5.41, 5.74) is 2.90. The molecule has 0 aromatic carbocycles. The number of hydrogen-bond acceptors (Lipinski definition) is 3. The molecular formula is C11H15N3. The zero-order valence-corrected chi connectivity index (χ0v) is 8.11. The second-order valence-electron chi connectivity index (χ2n) is 4.10. The topological polar surface area (TPSA) is 41.3 Å². The highest BCUT2D eigenvalue weighted by Gasteiger charge is 2.37. The van der Waals surface area contributed by atoms with E-state index in [-0.39, 0.29) is 0 Å². The molecule has 0 bridgehead atoms. The number of rotatable bonds is 0. The Balaban J connectivity index is 2.04. The van der Waals surface area contributed by atoms with Crippen LogP contribution in [0.4, 0.5) is 0 Å². The Morgan fingerprint density at radius 2 is 2.36 bits per heavy atom. The largest absolute Gasteiger partial charge is 0.313 e. The van der Waals surface area contributed by atoms with Crippen molar-refractivity contribution in [3.63, 3.8) is 0 Å². The summed E-state index contributed by atoms with van der Waals surface area (Å²) in [6.07, 6.45) is 9.70. The van der Waals surface area contributed by atoms with Gasteiger partial charge in [-0.2, -0.15) is 0 Å². The Kier molecular flexibility index (Phi) is 1.83. The molecule has 1 aliphatic carbocycles. The molecule has 74 valence electrons. The monoisotopic (exact) mass is 189 g/mol. The summed E-state index contributed by atoms with van der Waals surface area (Å²) >= 11 is 0. The van der Waals surface area contributed by atoms with E-state index in [9.17, 15) is 0 Å². The average Bonchev–Trinajstić information content (AvgIpc) is 2.55. The van der Waals surface area contributed by atoms with Crippen molar-refractivity contribution in [3.8, 4) is 0 Å². The molecule has 3 N–H and O–H groups in total. The first kappa shape index (κ1) is 8.41. The average molecular weight is 189 g/mol. The Bertz CT molecular complexity index is 340. The molecule has 0 radical (unpaired) electrons. The minimum absolute atomic E-state index is 0.319. The van der Waals surface area contributed by atoms with Crippen LogP contribution < -0.4 is 11.2 Å². The van der Waals surface area contributed by atoms with E-state index in [1.807, 2.05) is 5.01 Å². The van der Waals surface area contributed by atoms with Crippen LogP contribution in [0.2, 0.25) is 0 Å². The quantitative estimate of drug-likeness (QED) is 0.540. The summed E-state index contributed by atoms with van der Waals surface area (Å²) < 4.78 is 0. The van der Waals surface area contributed by atoms with Crippen LogP contribution >= 0.6 is 0 Å². The summed E-state index contributed by atoms with van der Waals surface area (Å²) in [5.74, 6) is 6.12. The SMILES string of the molecule is NN1C2C=CC=CC2=C2CNCCC21. The number of hydrogen-bond donors (Lipinski definition) is 2. The van der Waals surface area contributed by atoms with E-state index in [4.69, 9.17) is 5.84 Å². The first-order valence-corrected chi connectivity index (χ1v) is 5.19. The first-order chi connectivity index (χ1) is 6.88. The van der Waals surface area contributed by atoms with Crippen molar-refractivity contribution < 1.29 is 0 Å². The molecule has 2 atom stereocenters. The molecule has 14 heavy (non-hydrogen) atoms. The van der Waals surface area contributed by atoms with Crippen LogP contribution in [-0.2, 0) is 0 Å². The third-order valence-electron chi connectivity index (χ3n) is 3.36. The van der Waals surface area contributed by atoms with Crippen molar-refractivity contribution in [3.05, 3.63) is 35.5 Å². The van der Waals surface area contributed by atoms with Gasteiger partial charge in [-0.15, -0.1) is 0 Å². The summed E-state index contributed by atoms with van der Waals surface area (Å²) in [6.45, 7) is 2.08. The van der Waals surface area contributed by atoms with E-state index in [1.54, 1.807) is 0 Å². The molecule has 3 heteroatoms. The Morgan fingerprint density at radius 3 is 3.29 bits per heavy atom. The molecule has 3 nitrogen and oxygen atoms in total. The fraction of sp³-hybridized carbons (Fsp3) is 0.455. The maximum absolute atomic E-state index is 6.12. The van der Waals surface area contributed by atoms with Gasteiger partial charge in [0.2, 0.25) is 0 Å². The van der Waals surface area contributed by atoms with E-state index in [0.717, 1.165) is 19.5 Å². The summed E-state index contributed by atoms with van der Waals surface area (Å²) in [7, 11) is 0. The van der Waals surface area contributed by atoms with Crippen molar-refractivity contribution in [1.29, 1.82) is 0 Å². The maximum Gasteiger partial charge on any atom is 0.0681 e. The van der Waals surface area contributed by atoms with Gasteiger partial charge in [0.25, 0.3) is 0 Å². The third-order valence-corrected chi connectivity index (χ3v) is 3.36. The molecular weight excluding hydrogens is 174 g/mol. The van der Waals surface area contributed by atoms with Gasteiger partial charge in [-0.1, -0.05) is 24.3 Å². The van der Waals surface area contributed by atoms with Crippen molar-refractivity contribution in [2.75, 3.05) is 13.1 Å². The number of piperidine rings is 1. The highest BCUT2D eigenvalue weighted by molar-refractivity contribution is 5.46. The molecule has 3 rings (SSSR count). The minimum atomic E-state index is 0.319. The molecule has 0 aromatic rings. The normalized spacial score (nSPS) is 36.1. The van der Waals surface area contributed by atoms with Crippen molar-refractivity contribution >= 4 is 0 Å². The maximum atomic E-state index is 6.12. The van der Waals surface area contributed by atoms with Crippen molar-refractivity contribution in [2.24, 2.45) is 5.84 Å². The molecule has 2 unspecified atom stereocenters. The van der Waals surface area contributed by atoms with Crippen LogP contribution in [0.15, 0.2) is 35.5 Å². The molecule has 2 aliphatic heterocycles. The highest BCUT2D eigenvalue weighted by atomic mass is 15.5. The Morgan fingerprint density at radius 1 is 1.43 bits per heavy atom. The van der Waals surface area contributed by atoms with Gasteiger partial charge in [-0.25, -0.2) is 5.01 Å². The first-order valence-electron chi connectivity index (χ1n) is 5.19. The Labute approximate surface area is 83.9 Å². The lowest BCUT2D eigenvalue weighted by Gasteiger charge is -2.29. The van der Waals surface area contributed by atoms with Crippen LogP contribution in [0.3, 0.4) is 0 Å². The van der Waals surface area contributed by atoms with Gasteiger partial charge in [-0.3, -0.25) is 5.84 Å². The van der Waals surface area contributed by atoms with Gasteiger partial charge < -0.3 is 5.32 Å². The predicted molar refractivity (Wildman–Crippen MR) is 56.4 cm³/mol. The highest BCUT2D eigenvalue weighted by Crippen LogP contribution is 2.34. The number of allylic oxidation sites excluding steroid dienone is 2. The Hall–Kier alpha value is -0.900. The standard InChI is InChI=1S/C11H15N3/c12-14-10-4-2-1-3-8(10)9-7-13-6-5-11(9)14/h1-4,10-11,13H,5-7,12H2. The van der Waals surface area contributed by atoms with E-state index in [1.165, 1.54) is 11.1 Å². The molecule has 0 saturated carbocycles. The van der Waals surface area contributed by atoms with Crippen LogP contribution in [-0.4, -0.2) is 30.2 Å². The number of nitrogens with zero attached hydrogens (tertiary/aromatic N) is 1. The number of hydrazine groups is 1. The molecule has 0 aromatic heterocycles. The number of fused-ring (bicyclic) bond motifs is 2. The summed E-state index contributed by atoms with van der Waals surface area (Å²) in [6, 6.07) is 0.781. The summed E-state index contributed by atoms with van der Waals surface area (Å²) in [4.78, 5) is 0. The molecule has 0 amide bonds. The lowest BCUT2D eigenvalue weighted by Crippen LogP contribution is -2.47. The zero-order chi connectivity index (χ0) is 9.54. The number of nitrogens with two attached hydrogens (primary N) is 1. The molecule has 2 heterocycles. The van der Waals surface area contributed by atoms with E-state index in [2.05, 4.69) is 29.6 Å². The zero-order valence-electron chi connectivity index (χ0n) is 8.11. The van der Waals surface area contributed by atoms with E-state index < -0.39 is 0 Å². The third kappa shape index (κ3) is 1.03. The second kappa shape index (κ2) is 3.05. The van der Waals surface area contributed by atoms with Crippen molar-refractivity contribution in [1.82, 2.24) is 10.3 Å². The second-order valence-corrected chi connectivity index (χ2v) is 4.10. The van der Waals surface area contributed by atoms with Gasteiger partial charge in [0.05, 0.1) is 6.04 Å². The predicted octanol–water partition coefficient (Wildman–Crippen LogP) is 0.329. The molecule has 1 saturated heterocycles. The minimum Gasteiger partial charge on any atom is -0.313 e. The van der Waals surface area contributed by atoms with E-state index >= 15 is 0 Å². The fourth-order valence-corrected chi connectivity index (χ4v) is 2.66. The van der Waals surface area contributed by atoms with Crippen molar-refractivity contribution in [2.45, 2.75) is 18.5 Å². The van der Waals surface area contributed by atoms with Gasteiger partial charge in [-0.05, 0) is 24.1 Å². The van der Waals surface area contributed by atoms with Crippen LogP contribution in [0, 0.1) is 0 Å². The van der Waals surface area contributed by atoms with Crippen LogP contribution in [0.5, 0.6) is 0 Å². The lowest BCUT2D eigenvalue weighted by atomic mass is 9.96. The molecule has 1 fully saturated rings. The van der Waals surface area contributed by atoms with Gasteiger partial charge in [0, 0.05) is 12.6 Å². The smallest absolute Gasteiger partial charge is 0.0681 e. The summed E-state index contributed by atoms with van der Waals surface area (Å²) in [5, 5.41) is 5.42. The molecule has 3 aliphatic rings. The van der Waals surface area contributed by atoms with Crippen LogP contribution in [0.1, 0.15) is 6.42 Å². The van der Waals surface area contributed by atoms with Gasteiger partial charge in [0.1, 0.15) is 0 Å².